The number of fused-ring (bicyclic) bond motifs is 2. The summed E-state index contributed by atoms with van der Waals surface area (Å²) in [5, 5.41) is 0.451. The molecule has 2 atom stereocenters. The average molecular weight is 452 g/mol. The lowest BCUT2D eigenvalue weighted by Gasteiger charge is -2.34. The van der Waals surface area contributed by atoms with Crippen LogP contribution in [0.4, 0.5) is 9.52 Å². The van der Waals surface area contributed by atoms with Crippen LogP contribution < -0.4 is 14.4 Å². The van der Waals surface area contributed by atoms with Crippen molar-refractivity contribution in [3.05, 3.63) is 48.3 Å². The molecule has 0 N–H and O–H groups in total. The van der Waals surface area contributed by atoms with Crippen molar-refractivity contribution < 1.29 is 18.7 Å². The molecule has 0 bridgehead atoms. The summed E-state index contributed by atoms with van der Waals surface area (Å²) in [6, 6.07) is 12.1. The molecule has 6 nitrogen and oxygen atoms in total. The zero-order chi connectivity index (χ0) is 20.5. The van der Waals surface area contributed by atoms with Crippen molar-refractivity contribution in [1.29, 1.82) is 0 Å². The molecular formula is C21H23ClFN3O3S. The van der Waals surface area contributed by atoms with Crippen LogP contribution in [0.1, 0.15) is 6.92 Å². The SMILES string of the molecule is CC1Oc2ccccc2OC1C(=O)N(CCN(C)C)c1nc2c(F)cccc2s1.Cl. The highest BCUT2D eigenvalue weighted by Gasteiger charge is 2.38. The third-order valence-corrected chi connectivity index (χ3v) is 5.76. The molecule has 1 aliphatic rings. The molecule has 0 spiro atoms. The van der Waals surface area contributed by atoms with E-state index < -0.39 is 18.0 Å². The first-order valence-corrected chi connectivity index (χ1v) is 10.2. The van der Waals surface area contributed by atoms with Crippen molar-refractivity contribution in [2.24, 2.45) is 0 Å². The Balaban J connectivity index is 0.00000256. The van der Waals surface area contributed by atoms with Gasteiger partial charge in [-0.2, -0.15) is 0 Å². The molecule has 1 aliphatic heterocycles. The van der Waals surface area contributed by atoms with E-state index in [0.717, 1.165) is 0 Å². The first kappa shape index (κ1) is 22.3. The minimum Gasteiger partial charge on any atom is -0.482 e. The van der Waals surface area contributed by atoms with Crippen molar-refractivity contribution in [1.82, 2.24) is 9.88 Å². The Morgan fingerprint density at radius 2 is 1.80 bits per heavy atom. The topological polar surface area (TPSA) is 54.9 Å². The minimum absolute atomic E-state index is 0. The van der Waals surface area contributed by atoms with Gasteiger partial charge in [0.1, 0.15) is 17.4 Å². The maximum Gasteiger partial charge on any atom is 0.273 e. The van der Waals surface area contributed by atoms with Gasteiger partial charge < -0.3 is 14.4 Å². The molecule has 0 saturated carbocycles. The number of halogens is 2. The van der Waals surface area contributed by atoms with Gasteiger partial charge in [0.25, 0.3) is 5.91 Å². The summed E-state index contributed by atoms with van der Waals surface area (Å²) in [5.74, 6) is 0.496. The number of carbonyl (C=O) groups excluding carboxylic acids is 1. The number of aromatic nitrogens is 1. The molecule has 0 aliphatic carbocycles. The van der Waals surface area contributed by atoms with E-state index in [9.17, 15) is 9.18 Å². The number of benzene rings is 2. The van der Waals surface area contributed by atoms with Crippen molar-refractivity contribution in [2.45, 2.75) is 19.1 Å². The largest absolute Gasteiger partial charge is 0.482 e. The second kappa shape index (κ2) is 9.16. The smallest absolute Gasteiger partial charge is 0.273 e. The lowest BCUT2D eigenvalue weighted by molar-refractivity contribution is -0.130. The summed E-state index contributed by atoms with van der Waals surface area (Å²) < 4.78 is 26.7. The number of para-hydroxylation sites is 3. The fourth-order valence-corrected chi connectivity index (χ4v) is 4.17. The van der Waals surface area contributed by atoms with Crippen LogP contribution >= 0.6 is 23.7 Å². The summed E-state index contributed by atoms with van der Waals surface area (Å²) in [6.07, 6.45) is -1.28. The molecule has 1 amide bonds. The van der Waals surface area contributed by atoms with Crippen LogP contribution in [0.5, 0.6) is 11.5 Å². The monoisotopic (exact) mass is 451 g/mol. The summed E-state index contributed by atoms with van der Waals surface area (Å²) in [7, 11) is 3.86. The highest BCUT2D eigenvalue weighted by atomic mass is 35.5. The number of nitrogens with zero attached hydrogens (tertiary/aromatic N) is 3. The number of likely N-dealkylation sites (N-methyl/N-ethyl adjacent to an activating group) is 1. The lowest BCUT2D eigenvalue weighted by Crippen LogP contribution is -2.52. The van der Waals surface area contributed by atoms with E-state index in [1.165, 1.54) is 17.4 Å². The van der Waals surface area contributed by atoms with E-state index in [1.54, 1.807) is 30.0 Å². The van der Waals surface area contributed by atoms with Crippen molar-refractivity contribution in [3.8, 4) is 11.5 Å². The zero-order valence-electron chi connectivity index (χ0n) is 16.9. The minimum atomic E-state index is -0.816. The van der Waals surface area contributed by atoms with Crippen LogP contribution in [0.25, 0.3) is 10.2 Å². The van der Waals surface area contributed by atoms with Crippen LogP contribution in [0.3, 0.4) is 0 Å². The molecule has 4 rings (SSSR count). The fraction of sp³-hybridized carbons (Fsp3) is 0.333. The Kier molecular flexibility index (Phi) is 6.80. The van der Waals surface area contributed by atoms with Crippen LogP contribution in [-0.2, 0) is 4.79 Å². The molecule has 0 fully saturated rings. The Bertz CT molecular complexity index is 1050. The van der Waals surface area contributed by atoms with Gasteiger partial charge in [0.15, 0.2) is 16.6 Å². The first-order chi connectivity index (χ1) is 13.9. The molecule has 1 aromatic heterocycles. The second-order valence-electron chi connectivity index (χ2n) is 7.18. The fourth-order valence-electron chi connectivity index (χ4n) is 3.16. The van der Waals surface area contributed by atoms with Gasteiger partial charge in [0, 0.05) is 13.1 Å². The van der Waals surface area contributed by atoms with Gasteiger partial charge in [-0.25, -0.2) is 9.37 Å². The number of amides is 1. The molecule has 2 unspecified atom stereocenters. The Hall–Kier alpha value is -2.42. The van der Waals surface area contributed by atoms with Gasteiger partial charge in [-0.3, -0.25) is 9.69 Å². The summed E-state index contributed by atoms with van der Waals surface area (Å²) in [5.41, 5.74) is 0.273. The number of anilines is 1. The van der Waals surface area contributed by atoms with Crippen molar-refractivity contribution >= 4 is 45.0 Å². The van der Waals surface area contributed by atoms with Crippen LogP contribution in [0, 0.1) is 5.82 Å². The molecule has 0 saturated heterocycles. The molecule has 2 aromatic carbocycles. The van der Waals surface area contributed by atoms with E-state index in [-0.39, 0.29) is 23.8 Å². The van der Waals surface area contributed by atoms with E-state index in [0.29, 0.717) is 34.4 Å². The van der Waals surface area contributed by atoms with E-state index in [4.69, 9.17) is 9.47 Å². The summed E-state index contributed by atoms with van der Waals surface area (Å²) in [6.45, 7) is 2.84. The predicted octanol–water partition coefficient (Wildman–Crippen LogP) is 3.98. The molecule has 0 radical (unpaired) electrons. The Morgan fingerprint density at radius 1 is 1.10 bits per heavy atom. The molecule has 3 aromatic rings. The van der Waals surface area contributed by atoms with Gasteiger partial charge in [-0.05, 0) is 45.3 Å². The van der Waals surface area contributed by atoms with Crippen molar-refractivity contribution in [2.75, 3.05) is 32.1 Å². The lowest BCUT2D eigenvalue weighted by atomic mass is 10.1. The summed E-state index contributed by atoms with van der Waals surface area (Å²) in [4.78, 5) is 21.4. The number of hydrogen-bond acceptors (Lipinski definition) is 6. The molecule has 9 heteroatoms. The number of hydrogen-bond donors (Lipinski definition) is 0. The normalized spacial score (nSPS) is 17.6. The van der Waals surface area contributed by atoms with Crippen LogP contribution in [-0.4, -0.2) is 55.2 Å². The molecule has 160 valence electrons. The molecule has 2 heterocycles. The number of ether oxygens (including phenoxy) is 2. The molecule has 30 heavy (non-hydrogen) atoms. The van der Waals surface area contributed by atoms with Gasteiger partial charge in [-0.15, -0.1) is 12.4 Å². The van der Waals surface area contributed by atoms with E-state index in [1.807, 2.05) is 37.2 Å². The van der Waals surface area contributed by atoms with Crippen LogP contribution in [0.15, 0.2) is 42.5 Å². The zero-order valence-corrected chi connectivity index (χ0v) is 18.5. The third kappa shape index (κ3) is 4.35. The second-order valence-corrected chi connectivity index (χ2v) is 8.19. The quantitative estimate of drug-likeness (QED) is 0.587. The average Bonchev–Trinajstić information content (AvgIpc) is 3.12. The number of carbonyl (C=O) groups is 1. The highest BCUT2D eigenvalue weighted by Crippen LogP contribution is 2.35. The predicted molar refractivity (Wildman–Crippen MR) is 119 cm³/mol. The number of thiazole rings is 1. The molecular weight excluding hydrogens is 429 g/mol. The number of rotatable bonds is 5. The maximum atomic E-state index is 14.1. The van der Waals surface area contributed by atoms with Gasteiger partial charge in [0.05, 0.1) is 4.70 Å². The van der Waals surface area contributed by atoms with Crippen molar-refractivity contribution in [3.63, 3.8) is 0 Å². The Morgan fingerprint density at radius 3 is 2.47 bits per heavy atom. The van der Waals surface area contributed by atoms with Gasteiger partial charge in [-0.1, -0.05) is 29.5 Å². The van der Waals surface area contributed by atoms with E-state index >= 15 is 0 Å². The highest BCUT2D eigenvalue weighted by molar-refractivity contribution is 7.22. The van der Waals surface area contributed by atoms with Gasteiger partial charge >= 0.3 is 0 Å². The first-order valence-electron chi connectivity index (χ1n) is 9.37. The van der Waals surface area contributed by atoms with E-state index in [2.05, 4.69) is 4.98 Å². The van der Waals surface area contributed by atoms with Crippen LogP contribution in [0.2, 0.25) is 0 Å². The third-order valence-electron chi connectivity index (χ3n) is 4.71. The standard InChI is InChI=1S/C21H22FN3O3S.ClH/c1-13-19(28-16-9-5-4-8-15(16)27-13)20(26)25(12-11-24(2)3)21-23-18-14(22)7-6-10-17(18)29-21;/h4-10,13,19H,11-12H2,1-3H3;1H. The van der Waals surface area contributed by atoms with Gasteiger partial charge in [0.2, 0.25) is 6.10 Å². The maximum absolute atomic E-state index is 14.1. The Labute approximate surface area is 184 Å². The summed E-state index contributed by atoms with van der Waals surface area (Å²) >= 11 is 1.29.